The molecule has 1 heterocycles. The van der Waals surface area contributed by atoms with Gasteiger partial charge >= 0.3 is 12.4 Å². The summed E-state index contributed by atoms with van der Waals surface area (Å²) in [5.74, 6) is -0.327. The van der Waals surface area contributed by atoms with Crippen molar-refractivity contribution in [1.29, 1.82) is 0 Å². The van der Waals surface area contributed by atoms with Gasteiger partial charge in [0.25, 0.3) is 5.91 Å². The molecule has 0 fully saturated rings. The van der Waals surface area contributed by atoms with E-state index in [2.05, 4.69) is 15.3 Å². The van der Waals surface area contributed by atoms with Gasteiger partial charge in [-0.2, -0.15) is 26.3 Å². The van der Waals surface area contributed by atoms with Crippen LogP contribution in [0.2, 0.25) is 0 Å². The predicted octanol–water partition coefficient (Wildman–Crippen LogP) is 6.06. The molecule has 4 nitrogen and oxygen atoms in total. The molecule has 0 atom stereocenters. The van der Waals surface area contributed by atoms with Gasteiger partial charge in [0.1, 0.15) is 0 Å². The minimum atomic E-state index is -5.00. The van der Waals surface area contributed by atoms with Crippen LogP contribution in [0.5, 0.6) is 0 Å². The zero-order valence-electron chi connectivity index (χ0n) is 15.5. The fraction of sp³-hybridized carbons (Fsp3) is 0.150. The first-order chi connectivity index (χ1) is 14.5. The zero-order chi connectivity index (χ0) is 22.6. The molecule has 3 aromatic rings. The number of carbonyl (C=O) groups excluding carboxylic acids is 1. The Morgan fingerprint density at radius 3 is 1.94 bits per heavy atom. The van der Waals surface area contributed by atoms with Gasteiger partial charge in [-0.05, 0) is 42.0 Å². The summed E-state index contributed by atoms with van der Waals surface area (Å²) in [6.07, 6.45) is -6.80. The maximum Gasteiger partial charge on any atom is 0.416 e. The molecule has 2 aromatic carbocycles. The van der Waals surface area contributed by atoms with Gasteiger partial charge in [-0.15, -0.1) is 0 Å². The first-order valence-corrected chi connectivity index (χ1v) is 9.60. The van der Waals surface area contributed by atoms with Gasteiger partial charge in [-0.3, -0.25) is 4.79 Å². The first-order valence-electron chi connectivity index (χ1n) is 8.62. The Morgan fingerprint density at radius 2 is 1.42 bits per heavy atom. The van der Waals surface area contributed by atoms with Crippen molar-refractivity contribution in [2.24, 2.45) is 0 Å². The molecule has 1 amide bonds. The van der Waals surface area contributed by atoms with Gasteiger partial charge in [0.05, 0.1) is 11.1 Å². The van der Waals surface area contributed by atoms with Crippen molar-refractivity contribution in [3.8, 4) is 0 Å². The molecule has 0 aliphatic carbocycles. The Kier molecular flexibility index (Phi) is 6.54. The van der Waals surface area contributed by atoms with E-state index >= 15 is 0 Å². The SMILES string of the molecule is O=C(Nc1cc(C(F)(F)F)cc(C(F)(F)F)c1)c1ccc(CSc2ncccn2)cc1. The summed E-state index contributed by atoms with van der Waals surface area (Å²) in [6, 6.07) is 8.69. The fourth-order valence-electron chi connectivity index (χ4n) is 2.49. The summed E-state index contributed by atoms with van der Waals surface area (Å²) in [7, 11) is 0. The van der Waals surface area contributed by atoms with E-state index in [9.17, 15) is 31.1 Å². The normalized spacial score (nSPS) is 11.9. The standard InChI is InChI=1S/C20H13F6N3OS/c21-19(22,23)14-8-15(20(24,25)26)10-16(9-14)29-17(30)13-4-2-12(3-5-13)11-31-18-27-6-1-7-28-18/h1-10H,11H2,(H,29,30). The molecule has 0 bridgehead atoms. The van der Waals surface area contributed by atoms with E-state index in [-0.39, 0.29) is 11.6 Å². The van der Waals surface area contributed by atoms with Gasteiger partial charge in [0.2, 0.25) is 0 Å². The summed E-state index contributed by atoms with van der Waals surface area (Å²) in [6.45, 7) is 0. The second kappa shape index (κ2) is 8.96. The smallest absolute Gasteiger partial charge is 0.322 e. The molecule has 0 unspecified atom stereocenters. The van der Waals surface area contributed by atoms with Gasteiger partial charge in [0, 0.05) is 29.4 Å². The van der Waals surface area contributed by atoms with Crippen molar-refractivity contribution in [3.05, 3.63) is 83.2 Å². The summed E-state index contributed by atoms with van der Waals surface area (Å²) in [4.78, 5) is 20.5. The number of thioether (sulfide) groups is 1. The molecular weight excluding hydrogens is 444 g/mol. The monoisotopic (exact) mass is 457 g/mol. The van der Waals surface area contributed by atoms with Crippen molar-refractivity contribution < 1.29 is 31.1 Å². The van der Waals surface area contributed by atoms with Crippen molar-refractivity contribution in [2.75, 3.05) is 5.32 Å². The average molecular weight is 457 g/mol. The highest BCUT2D eigenvalue weighted by molar-refractivity contribution is 7.98. The Balaban J connectivity index is 1.73. The molecule has 0 saturated heterocycles. The van der Waals surface area contributed by atoms with Crippen LogP contribution in [0.15, 0.2) is 66.1 Å². The summed E-state index contributed by atoms with van der Waals surface area (Å²) >= 11 is 1.36. The number of halogens is 6. The minimum absolute atomic E-state index is 0.00142. The number of nitrogens with one attached hydrogen (secondary N) is 1. The van der Waals surface area contributed by atoms with Crippen LogP contribution in [-0.4, -0.2) is 15.9 Å². The third-order valence-corrected chi connectivity index (χ3v) is 4.92. The van der Waals surface area contributed by atoms with Crippen molar-refractivity contribution in [3.63, 3.8) is 0 Å². The molecule has 0 radical (unpaired) electrons. The molecule has 3 rings (SSSR count). The third kappa shape index (κ3) is 6.20. The lowest BCUT2D eigenvalue weighted by Crippen LogP contribution is -2.16. The average Bonchev–Trinajstić information content (AvgIpc) is 2.72. The van der Waals surface area contributed by atoms with Gasteiger partial charge < -0.3 is 5.32 Å². The van der Waals surface area contributed by atoms with E-state index in [1.165, 1.54) is 23.9 Å². The van der Waals surface area contributed by atoms with E-state index in [4.69, 9.17) is 0 Å². The Morgan fingerprint density at radius 1 is 0.871 bits per heavy atom. The van der Waals surface area contributed by atoms with Crippen molar-refractivity contribution in [2.45, 2.75) is 23.3 Å². The van der Waals surface area contributed by atoms with Crippen LogP contribution in [0.3, 0.4) is 0 Å². The molecule has 162 valence electrons. The maximum atomic E-state index is 12.9. The van der Waals surface area contributed by atoms with Crippen LogP contribution in [0.25, 0.3) is 0 Å². The van der Waals surface area contributed by atoms with Crippen LogP contribution in [0.1, 0.15) is 27.0 Å². The highest BCUT2D eigenvalue weighted by Gasteiger charge is 2.37. The Labute approximate surface area is 176 Å². The van der Waals surface area contributed by atoms with Crippen molar-refractivity contribution in [1.82, 2.24) is 9.97 Å². The molecule has 11 heteroatoms. The van der Waals surface area contributed by atoms with Crippen LogP contribution < -0.4 is 5.32 Å². The second-order valence-corrected chi connectivity index (χ2v) is 7.21. The van der Waals surface area contributed by atoms with Gasteiger partial charge in [-0.1, -0.05) is 23.9 Å². The number of hydrogen-bond donors (Lipinski definition) is 1. The van der Waals surface area contributed by atoms with Crippen LogP contribution >= 0.6 is 11.8 Å². The van der Waals surface area contributed by atoms with E-state index in [0.29, 0.717) is 23.0 Å². The highest BCUT2D eigenvalue weighted by Crippen LogP contribution is 2.37. The number of amides is 1. The minimum Gasteiger partial charge on any atom is -0.322 e. The number of alkyl halides is 6. The number of aromatic nitrogens is 2. The summed E-state index contributed by atoms with van der Waals surface area (Å²) < 4.78 is 77.7. The number of carbonyl (C=O) groups is 1. The van der Waals surface area contributed by atoms with E-state index in [0.717, 1.165) is 5.56 Å². The largest absolute Gasteiger partial charge is 0.416 e. The predicted molar refractivity (Wildman–Crippen MR) is 102 cm³/mol. The Hall–Kier alpha value is -3.08. The number of nitrogens with zero attached hydrogens (tertiary/aromatic N) is 2. The van der Waals surface area contributed by atoms with Crippen LogP contribution in [0.4, 0.5) is 32.0 Å². The second-order valence-electron chi connectivity index (χ2n) is 6.27. The van der Waals surface area contributed by atoms with Crippen LogP contribution in [0, 0.1) is 0 Å². The quantitative estimate of drug-likeness (QED) is 0.288. The summed E-state index contributed by atoms with van der Waals surface area (Å²) in [5.41, 5.74) is -2.71. The van der Waals surface area contributed by atoms with E-state index in [1.807, 2.05) is 0 Å². The van der Waals surface area contributed by atoms with Crippen LogP contribution in [-0.2, 0) is 18.1 Å². The third-order valence-electron chi connectivity index (χ3n) is 3.97. The van der Waals surface area contributed by atoms with Gasteiger partial charge in [-0.25, -0.2) is 9.97 Å². The molecule has 0 spiro atoms. The molecule has 0 aliphatic heterocycles. The number of benzene rings is 2. The molecule has 1 N–H and O–H groups in total. The zero-order valence-corrected chi connectivity index (χ0v) is 16.3. The molecular formula is C20H13F6N3OS. The fourth-order valence-corrected chi connectivity index (χ4v) is 3.25. The van der Waals surface area contributed by atoms with Crippen molar-refractivity contribution >= 4 is 23.4 Å². The molecule has 0 saturated carbocycles. The molecule has 1 aromatic heterocycles. The lowest BCUT2D eigenvalue weighted by Gasteiger charge is -2.15. The lowest BCUT2D eigenvalue weighted by atomic mass is 10.1. The van der Waals surface area contributed by atoms with E-state index in [1.54, 1.807) is 30.6 Å². The topological polar surface area (TPSA) is 54.9 Å². The number of hydrogen-bond acceptors (Lipinski definition) is 4. The first kappa shape index (κ1) is 22.6. The maximum absolute atomic E-state index is 12.9. The van der Waals surface area contributed by atoms with E-state index < -0.39 is 35.1 Å². The Bertz CT molecular complexity index is 1020. The number of rotatable bonds is 5. The molecule has 0 aliphatic rings. The highest BCUT2D eigenvalue weighted by atomic mass is 32.2. The summed E-state index contributed by atoms with van der Waals surface area (Å²) in [5, 5.41) is 2.66. The lowest BCUT2D eigenvalue weighted by molar-refractivity contribution is -0.143. The molecule has 31 heavy (non-hydrogen) atoms. The number of anilines is 1. The van der Waals surface area contributed by atoms with Gasteiger partial charge in [0.15, 0.2) is 5.16 Å².